The zero-order valence-corrected chi connectivity index (χ0v) is 12.9. The van der Waals surface area contributed by atoms with E-state index in [2.05, 4.69) is 20.7 Å². The van der Waals surface area contributed by atoms with Gasteiger partial charge in [-0.05, 0) is 28.9 Å². The van der Waals surface area contributed by atoms with Gasteiger partial charge in [-0.25, -0.2) is 17.9 Å². The molecule has 0 bridgehead atoms. The highest BCUT2D eigenvalue weighted by molar-refractivity contribution is 9.11. The maximum absolute atomic E-state index is 12.0. The number of hydrogen-bond donors (Lipinski definition) is 3. The number of hydrogen-bond acceptors (Lipinski definition) is 5. The normalized spacial score (nSPS) is 13.2. The smallest absolute Gasteiger partial charge is 0.345 e. The first kappa shape index (κ1) is 16.1. The fourth-order valence-corrected chi connectivity index (χ4v) is 4.96. The standard InChI is InChI=1S/C9H11BrN2O5S2/c1-4(2-7(11)13)12-19(16,17)6-3-5(9(14)15)18-8(6)10/h3-4,12H,2H2,1H3,(H2,11,13)(H,14,15). The van der Waals surface area contributed by atoms with Crippen molar-refractivity contribution in [2.75, 3.05) is 0 Å². The van der Waals surface area contributed by atoms with Crippen LogP contribution < -0.4 is 10.5 Å². The molecule has 1 aromatic heterocycles. The Morgan fingerprint density at radius 3 is 2.58 bits per heavy atom. The summed E-state index contributed by atoms with van der Waals surface area (Å²) in [7, 11) is -3.91. The van der Waals surface area contributed by atoms with E-state index in [1.807, 2.05) is 0 Å². The van der Waals surface area contributed by atoms with E-state index in [1.165, 1.54) is 6.92 Å². The number of carboxylic acid groups (broad SMARTS) is 1. The number of nitrogens with one attached hydrogen (secondary N) is 1. The average Bonchev–Trinajstić information content (AvgIpc) is 2.58. The van der Waals surface area contributed by atoms with Crippen molar-refractivity contribution >= 4 is 49.2 Å². The quantitative estimate of drug-likeness (QED) is 0.680. The van der Waals surface area contributed by atoms with Crippen molar-refractivity contribution in [2.24, 2.45) is 5.73 Å². The van der Waals surface area contributed by atoms with Gasteiger partial charge in [0.1, 0.15) is 9.77 Å². The fraction of sp³-hybridized carbons (Fsp3) is 0.333. The lowest BCUT2D eigenvalue weighted by molar-refractivity contribution is -0.118. The molecule has 1 aromatic rings. The minimum atomic E-state index is -3.91. The van der Waals surface area contributed by atoms with Gasteiger partial charge < -0.3 is 10.8 Å². The number of aromatic carboxylic acids is 1. The molecule has 0 spiro atoms. The highest BCUT2D eigenvalue weighted by Gasteiger charge is 2.25. The summed E-state index contributed by atoms with van der Waals surface area (Å²) in [6, 6.07) is 0.374. The fourth-order valence-electron chi connectivity index (χ4n) is 1.31. The summed E-state index contributed by atoms with van der Waals surface area (Å²) in [6.45, 7) is 1.49. The molecule has 1 atom stereocenters. The van der Waals surface area contributed by atoms with E-state index < -0.39 is 27.9 Å². The lowest BCUT2D eigenvalue weighted by atomic mass is 10.2. The molecule has 10 heteroatoms. The number of thiophene rings is 1. The third-order valence-electron chi connectivity index (χ3n) is 2.02. The van der Waals surface area contributed by atoms with Crippen LogP contribution in [0.5, 0.6) is 0 Å². The summed E-state index contributed by atoms with van der Waals surface area (Å²) >= 11 is 3.80. The highest BCUT2D eigenvalue weighted by atomic mass is 79.9. The van der Waals surface area contributed by atoms with Crippen LogP contribution in [0.4, 0.5) is 0 Å². The van der Waals surface area contributed by atoms with E-state index in [1.54, 1.807) is 0 Å². The number of nitrogens with two attached hydrogens (primary N) is 1. The zero-order valence-electron chi connectivity index (χ0n) is 9.71. The molecule has 1 unspecified atom stereocenters. The molecule has 7 nitrogen and oxygen atoms in total. The van der Waals surface area contributed by atoms with Crippen LogP contribution in [-0.2, 0) is 14.8 Å². The van der Waals surface area contributed by atoms with Gasteiger partial charge in [-0.1, -0.05) is 0 Å². The SMILES string of the molecule is CC(CC(N)=O)NS(=O)(=O)c1cc(C(=O)O)sc1Br. The second kappa shape index (κ2) is 5.99. The first-order valence-electron chi connectivity index (χ1n) is 4.96. The molecule has 0 aromatic carbocycles. The molecular formula is C9H11BrN2O5S2. The number of primary amides is 1. The lowest BCUT2D eigenvalue weighted by Crippen LogP contribution is -2.35. The molecule has 1 amide bonds. The molecule has 4 N–H and O–H groups in total. The maximum Gasteiger partial charge on any atom is 0.345 e. The minimum absolute atomic E-state index is 0.102. The molecule has 0 saturated heterocycles. The highest BCUT2D eigenvalue weighted by Crippen LogP contribution is 2.31. The van der Waals surface area contributed by atoms with E-state index in [0.29, 0.717) is 0 Å². The van der Waals surface area contributed by atoms with Crippen LogP contribution in [0, 0.1) is 0 Å². The van der Waals surface area contributed by atoms with Crippen LogP contribution in [-0.4, -0.2) is 31.4 Å². The maximum atomic E-state index is 12.0. The summed E-state index contributed by atoms with van der Waals surface area (Å²) in [5.74, 6) is -1.84. The predicted octanol–water partition coefficient (Wildman–Crippen LogP) is 0.751. The van der Waals surface area contributed by atoms with Crippen LogP contribution in [0.25, 0.3) is 0 Å². The lowest BCUT2D eigenvalue weighted by Gasteiger charge is -2.11. The van der Waals surface area contributed by atoms with Crippen LogP contribution in [0.3, 0.4) is 0 Å². The molecule has 0 aliphatic carbocycles. The summed E-state index contributed by atoms with van der Waals surface area (Å²) < 4.78 is 26.4. The van der Waals surface area contributed by atoms with Crippen LogP contribution in [0.1, 0.15) is 23.0 Å². The number of sulfonamides is 1. The summed E-state index contributed by atoms with van der Waals surface area (Å²) in [5.41, 5.74) is 4.97. The number of carbonyl (C=O) groups is 2. The average molecular weight is 371 g/mol. The molecule has 106 valence electrons. The van der Waals surface area contributed by atoms with Gasteiger partial charge in [-0.3, -0.25) is 4.79 Å². The Labute approximate surface area is 122 Å². The molecule has 19 heavy (non-hydrogen) atoms. The summed E-state index contributed by atoms with van der Waals surface area (Å²) in [5, 5.41) is 8.80. The van der Waals surface area contributed by atoms with E-state index in [0.717, 1.165) is 17.4 Å². The number of carboxylic acids is 1. The third-order valence-corrected chi connectivity index (χ3v) is 5.85. The Morgan fingerprint density at radius 1 is 1.58 bits per heavy atom. The number of rotatable bonds is 6. The molecule has 0 saturated carbocycles. The van der Waals surface area contributed by atoms with Gasteiger partial charge in [0.2, 0.25) is 15.9 Å². The number of halogens is 1. The zero-order chi connectivity index (χ0) is 14.8. The van der Waals surface area contributed by atoms with Crippen molar-refractivity contribution in [1.82, 2.24) is 4.72 Å². The van der Waals surface area contributed by atoms with Crippen LogP contribution in [0.15, 0.2) is 14.7 Å². The third kappa shape index (κ3) is 4.27. The molecule has 1 rings (SSSR count). The van der Waals surface area contributed by atoms with Gasteiger partial charge >= 0.3 is 5.97 Å². The monoisotopic (exact) mass is 370 g/mol. The number of amides is 1. The van der Waals surface area contributed by atoms with Gasteiger partial charge in [0.05, 0.1) is 3.79 Å². The Bertz CT molecular complexity index is 610. The van der Waals surface area contributed by atoms with Gasteiger partial charge in [-0.15, -0.1) is 11.3 Å². The molecular weight excluding hydrogens is 360 g/mol. The van der Waals surface area contributed by atoms with Gasteiger partial charge in [0.15, 0.2) is 0 Å². The molecule has 0 aliphatic heterocycles. The van der Waals surface area contributed by atoms with E-state index in [-0.39, 0.29) is 20.0 Å². The van der Waals surface area contributed by atoms with Gasteiger partial charge in [-0.2, -0.15) is 0 Å². The Kier molecular flexibility index (Phi) is 5.07. The molecule has 1 heterocycles. The van der Waals surface area contributed by atoms with Crippen molar-refractivity contribution < 1.29 is 23.1 Å². The van der Waals surface area contributed by atoms with E-state index in [4.69, 9.17) is 10.8 Å². The molecule has 0 aliphatic rings. The predicted molar refractivity (Wildman–Crippen MR) is 72.6 cm³/mol. The van der Waals surface area contributed by atoms with Gasteiger partial charge in [0, 0.05) is 12.5 Å². The first-order chi connectivity index (χ1) is 8.63. The van der Waals surface area contributed by atoms with Crippen molar-refractivity contribution in [3.63, 3.8) is 0 Å². The van der Waals surface area contributed by atoms with E-state index in [9.17, 15) is 18.0 Å². The summed E-state index contributed by atoms with van der Waals surface area (Å²) in [6.07, 6.45) is -0.146. The molecule has 0 radical (unpaired) electrons. The minimum Gasteiger partial charge on any atom is -0.477 e. The number of carbonyl (C=O) groups excluding carboxylic acids is 1. The first-order valence-corrected chi connectivity index (χ1v) is 8.06. The second-order valence-electron chi connectivity index (χ2n) is 3.75. The van der Waals surface area contributed by atoms with Crippen molar-refractivity contribution in [2.45, 2.75) is 24.3 Å². The second-order valence-corrected chi connectivity index (χ2v) is 7.80. The van der Waals surface area contributed by atoms with Crippen molar-refractivity contribution in [3.8, 4) is 0 Å². The van der Waals surface area contributed by atoms with Crippen molar-refractivity contribution in [3.05, 3.63) is 14.7 Å². The Morgan fingerprint density at radius 2 is 2.16 bits per heavy atom. The van der Waals surface area contributed by atoms with Crippen LogP contribution >= 0.6 is 27.3 Å². The largest absolute Gasteiger partial charge is 0.477 e. The van der Waals surface area contributed by atoms with Crippen LogP contribution in [0.2, 0.25) is 0 Å². The topological polar surface area (TPSA) is 127 Å². The Hall–Kier alpha value is -0.970. The summed E-state index contributed by atoms with van der Waals surface area (Å²) in [4.78, 5) is 21.2. The van der Waals surface area contributed by atoms with Gasteiger partial charge in [0.25, 0.3) is 0 Å². The van der Waals surface area contributed by atoms with E-state index >= 15 is 0 Å². The van der Waals surface area contributed by atoms with Crippen molar-refractivity contribution in [1.29, 1.82) is 0 Å². The molecule has 0 fully saturated rings. The Balaban J connectivity index is 3.00.